The van der Waals surface area contributed by atoms with Crippen molar-refractivity contribution in [3.8, 4) is 0 Å². The lowest BCUT2D eigenvalue weighted by molar-refractivity contribution is -0.119. The fourth-order valence-corrected chi connectivity index (χ4v) is 3.71. The minimum Gasteiger partial charge on any atom is -0.442 e. The fraction of sp³-hybridized carbons (Fsp3) is 0.600. The number of carbonyl (C=O) groups is 2. The number of benzene rings is 1. The maximum Gasteiger partial charge on any atom is 0.414 e. The van der Waals surface area contributed by atoms with Crippen molar-refractivity contribution in [3.63, 3.8) is 0 Å². The number of cyclic esters (lactones) is 1. The van der Waals surface area contributed by atoms with Crippen LogP contribution in [0.3, 0.4) is 0 Å². The van der Waals surface area contributed by atoms with Gasteiger partial charge in [0.15, 0.2) is 0 Å². The summed E-state index contributed by atoms with van der Waals surface area (Å²) in [7, 11) is 1.68. The molecule has 2 heterocycles. The van der Waals surface area contributed by atoms with Gasteiger partial charge in [-0.2, -0.15) is 0 Å². The number of hydrogen-bond acceptors (Lipinski definition) is 6. The van der Waals surface area contributed by atoms with E-state index in [4.69, 9.17) is 9.47 Å². The molecule has 0 aromatic heterocycles. The van der Waals surface area contributed by atoms with Crippen LogP contribution in [0.4, 0.5) is 20.6 Å². The number of halogens is 1. The largest absolute Gasteiger partial charge is 0.442 e. The Morgan fingerprint density at radius 3 is 2.76 bits per heavy atom. The van der Waals surface area contributed by atoms with E-state index in [9.17, 15) is 14.0 Å². The Bertz CT molecular complexity index is 724. The lowest BCUT2D eigenvalue weighted by atomic mass is 10.0. The van der Waals surface area contributed by atoms with Crippen molar-refractivity contribution in [1.29, 1.82) is 0 Å². The van der Waals surface area contributed by atoms with Gasteiger partial charge in [-0.3, -0.25) is 9.69 Å². The average Bonchev–Trinajstić information content (AvgIpc) is 3.08. The molecule has 9 heteroatoms. The van der Waals surface area contributed by atoms with E-state index < -0.39 is 12.2 Å². The summed E-state index contributed by atoms with van der Waals surface area (Å²) in [5.41, 5.74) is 1.00. The summed E-state index contributed by atoms with van der Waals surface area (Å²) in [5.74, 6) is -0.543. The maximum absolute atomic E-state index is 14.8. The van der Waals surface area contributed by atoms with Crippen molar-refractivity contribution in [1.82, 2.24) is 10.6 Å². The molecule has 3 rings (SSSR count). The highest BCUT2D eigenvalue weighted by Crippen LogP contribution is 2.29. The van der Waals surface area contributed by atoms with Crippen LogP contribution in [0.1, 0.15) is 19.8 Å². The first-order valence-corrected chi connectivity index (χ1v) is 9.97. The number of methoxy groups -OCH3 is 1. The summed E-state index contributed by atoms with van der Waals surface area (Å²) in [5, 5.41) is 6.08. The molecular weight excluding hydrogens is 379 g/mol. The van der Waals surface area contributed by atoms with E-state index in [0.29, 0.717) is 24.0 Å². The molecule has 2 aliphatic heterocycles. The first-order valence-electron chi connectivity index (χ1n) is 9.97. The van der Waals surface area contributed by atoms with Gasteiger partial charge in [0.2, 0.25) is 5.91 Å². The van der Waals surface area contributed by atoms with Crippen LogP contribution in [0.2, 0.25) is 0 Å². The Labute approximate surface area is 170 Å². The number of carbonyl (C=O) groups excluding carboxylic acids is 2. The summed E-state index contributed by atoms with van der Waals surface area (Å²) in [4.78, 5) is 26.6. The molecule has 2 aliphatic rings. The number of hydrogen-bond donors (Lipinski definition) is 2. The van der Waals surface area contributed by atoms with Crippen molar-refractivity contribution in [2.75, 3.05) is 56.2 Å². The molecule has 0 bridgehead atoms. The summed E-state index contributed by atoms with van der Waals surface area (Å²) < 4.78 is 25.1. The molecule has 1 atom stereocenters. The quantitative estimate of drug-likeness (QED) is 0.635. The zero-order valence-corrected chi connectivity index (χ0v) is 16.9. The monoisotopic (exact) mass is 408 g/mol. The summed E-state index contributed by atoms with van der Waals surface area (Å²) in [6, 6.07) is 5.25. The number of anilines is 2. The Morgan fingerprint density at radius 1 is 1.34 bits per heavy atom. The summed E-state index contributed by atoms with van der Waals surface area (Å²) >= 11 is 0. The zero-order chi connectivity index (χ0) is 20.8. The van der Waals surface area contributed by atoms with E-state index in [0.717, 1.165) is 32.5 Å². The lowest BCUT2D eigenvalue weighted by Crippen LogP contribution is -2.43. The summed E-state index contributed by atoms with van der Waals surface area (Å²) in [6.45, 7) is 4.96. The molecule has 0 saturated carbocycles. The van der Waals surface area contributed by atoms with Crippen molar-refractivity contribution in [2.45, 2.75) is 31.9 Å². The van der Waals surface area contributed by atoms with Crippen LogP contribution in [0.25, 0.3) is 0 Å². The van der Waals surface area contributed by atoms with Gasteiger partial charge in [-0.1, -0.05) is 0 Å². The molecule has 2 amide bonds. The Kier molecular flexibility index (Phi) is 7.27. The highest BCUT2D eigenvalue weighted by Gasteiger charge is 2.33. The molecule has 160 valence electrons. The molecular formula is C20H29FN4O4. The number of rotatable bonds is 8. The number of nitrogens with zero attached hydrogens (tertiary/aromatic N) is 2. The van der Waals surface area contributed by atoms with Crippen LogP contribution in [-0.4, -0.2) is 70.6 Å². The van der Waals surface area contributed by atoms with Crippen LogP contribution in [0, 0.1) is 5.82 Å². The van der Waals surface area contributed by atoms with Gasteiger partial charge in [0, 0.05) is 39.7 Å². The molecule has 1 aromatic rings. The van der Waals surface area contributed by atoms with Crippen LogP contribution < -0.4 is 20.4 Å². The highest BCUT2D eigenvalue weighted by atomic mass is 19.1. The second-order valence-corrected chi connectivity index (χ2v) is 7.40. The van der Waals surface area contributed by atoms with Crippen molar-refractivity contribution in [3.05, 3.63) is 24.0 Å². The third-order valence-electron chi connectivity index (χ3n) is 5.27. The van der Waals surface area contributed by atoms with Gasteiger partial charge in [-0.15, -0.1) is 0 Å². The molecule has 0 unspecified atom stereocenters. The minimum atomic E-state index is -0.532. The number of ether oxygens (including phenoxy) is 2. The normalized spacial score (nSPS) is 20.1. The van der Waals surface area contributed by atoms with Gasteiger partial charge in [-0.25, -0.2) is 9.18 Å². The Morgan fingerprint density at radius 2 is 2.10 bits per heavy atom. The average molecular weight is 408 g/mol. The molecule has 2 N–H and O–H groups in total. The van der Waals surface area contributed by atoms with Gasteiger partial charge in [0.05, 0.1) is 31.1 Å². The predicted octanol–water partition coefficient (Wildman–Crippen LogP) is 1.49. The maximum atomic E-state index is 14.8. The smallest absolute Gasteiger partial charge is 0.414 e. The summed E-state index contributed by atoms with van der Waals surface area (Å²) in [6.07, 6.45) is 0.900. The Balaban J connectivity index is 1.57. The molecule has 0 aliphatic carbocycles. The second-order valence-electron chi connectivity index (χ2n) is 7.40. The van der Waals surface area contributed by atoms with E-state index in [-0.39, 0.29) is 24.8 Å². The molecule has 29 heavy (non-hydrogen) atoms. The van der Waals surface area contributed by atoms with Gasteiger partial charge in [0.1, 0.15) is 11.9 Å². The van der Waals surface area contributed by atoms with E-state index in [1.807, 2.05) is 4.90 Å². The van der Waals surface area contributed by atoms with Crippen LogP contribution in [0.5, 0.6) is 0 Å². The molecule has 0 spiro atoms. The van der Waals surface area contributed by atoms with Crippen molar-refractivity contribution in [2.24, 2.45) is 0 Å². The molecule has 0 radical (unpaired) electrons. The van der Waals surface area contributed by atoms with E-state index in [2.05, 4.69) is 10.6 Å². The molecule has 8 nitrogen and oxygen atoms in total. The molecule has 2 fully saturated rings. The van der Waals surface area contributed by atoms with Gasteiger partial charge < -0.3 is 25.0 Å². The van der Waals surface area contributed by atoms with E-state index in [1.165, 1.54) is 17.9 Å². The number of piperidine rings is 1. The van der Waals surface area contributed by atoms with Gasteiger partial charge in [0.25, 0.3) is 0 Å². The first kappa shape index (κ1) is 21.3. The van der Waals surface area contributed by atoms with Crippen molar-refractivity contribution < 1.29 is 23.5 Å². The number of amides is 2. The van der Waals surface area contributed by atoms with Crippen LogP contribution in [0.15, 0.2) is 18.2 Å². The zero-order valence-electron chi connectivity index (χ0n) is 16.9. The third-order valence-corrected chi connectivity index (χ3v) is 5.27. The van der Waals surface area contributed by atoms with E-state index in [1.54, 1.807) is 19.2 Å². The predicted molar refractivity (Wildman–Crippen MR) is 108 cm³/mol. The van der Waals surface area contributed by atoms with Gasteiger partial charge >= 0.3 is 6.09 Å². The Hall–Kier alpha value is -2.39. The van der Waals surface area contributed by atoms with Crippen LogP contribution in [-0.2, 0) is 14.3 Å². The standard InChI is InChI=1S/C20H29FN4O4/c1-14(26)23-12-17-13-25(20(27)29-17)16-3-4-19(18(21)11-16)24-8-5-15(6-9-24)22-7-10-28-2/h3-4,11,15,17,22H,5-10,12-13H2,1-2H3,(H,23,26)/t17-/m0/s1. The lowest BCUT2D eigenvalue weighted by Gasteiger charge is -2.34. The van der Waals surface area contributed by atoms with Crippen LogP contribution >= 0.6 is 0 Å². The van der Waals surface area contributed by atoms with Crippen molar-refractivity contribution >= 4 is 23.4 Å². The molecule has 2 saturated heterocycles. The minimum absolute atomic E-state index is 0.187. The first-order chi connectivity index (χ1) is 14.0. The number of nitrogens with one attached hydrogen (secondary N) is 2. The second kappa shape index (κ2) is 9.89. The topological polar surface area (TPSA) is 83.1 Å². The molecule has 1 aromatic carbocycles. The van der Waals surface area contributed by atoms with Gasteiger partial charge in [-0.05, 0) is 31.0 Å². The fourth-order valence-electron chi connectivity index (χ4n) is 3.71. The SMILES string of the molecule is COCCNC1CCN(c2ccc(N3C[C@H](CNC(C)=O)OC3=O)cc2F)CC1. The third kappa shape index (κ3) is 5.57. The highest BCUT2D eigenvalue weighted by molar-refractivity contribution is 5.90. The van der Waals surface area contributed by atoms with E-state index >= 15 is 0 Å².